The van der Waals surface area contributed by atoms with Gasteiger partial charge in [-0.2, -0.15) is 18.2 Å². The molecule has 0 saturated carbocycles. The van der Waals surface area contributed by atoms with Crippen molar-refractivity contribution in [3.8, 4) is 0 Å². The first-order valence-corrected chi connectivity index (χ1v) is 7.15. The number of aliphatic hydroxyl groups is 1. The lowest BCUT2D eigenvalue weighted by Crippen LogP contribution is -2.20. The zero-order valence-electron chi connectivity index (χ0n) is 12.0. The molecule has 2 heterocycles. The van der Waals surface area contributed by atoms with Crippen LogP contribution in [0.1, 0.15) is 25.0 Å². The lowest BCUT2D eigenvalue weighted by molar-refractivity contribution is -0.141. The summed E-state index contributed by atoms with van der Waals surface area (Å²) in [4.78, 5) is 7.47. The molecular formula is C13H19F3N4O2. The van der Waals surface area contributed by atoms with E-state index in [1.54, 1.807) is 0 Å². The second kappa shape index (κ2) is 7.59. The molecule has 1 aromatic heterocycles. The Kier molecular flexibility index (Phi) is 5.78. The number of aromatic nitrogens is 2. The Hall–Kier alpha value is -1.61. The Morgan fingerprint density at radius 3 is 2.77 bits per heavy atom. The Morgan fingerprint density at radius 1 is 1.32 bits per heavy atom. The van der Waals surface area contributed by atoms with E-state index in [2.05, 4.69) is 20.6 Å². The highest BCUT2D eigenvalue weighted by atomic mass is 19.4. The summed E-state index contributed by atoms with van der Waals surface area (Å²) in [5, 5.41) is 14.2. The van der Waals surface area contributed by atoms with Crippen LogP contribution in [0, 0.1) is 0 Å². The monoisotopic (exact) mass is 320 g/mol. The predicted octanol–water partition coefficient (Wildman–Crippen LogP) is 1.88. The predicted molar refractivity (Wildman–Crippen MR) is 74.7 cm³/mol. The van der Waals surface area contributed by atoms with Gasteiger partial charge in [0.05, 0.1) is 6.10 Å². The van der Waals surface area contributed by atoms with Crippen molar-refractivity contribution in [2.24, 2.45) is 0 Å². The molecule has 124 valence electrons. The maximum absolute atomic E-state index is 12.9. The van der Waals surface area contributed by atoms with Gasteiger partial charge < -0.3 is 20.5 Å². The number of anilines is 2. The number of ether oxygens (including phenoxy) is 1. The van der Waals surface area contributed by atoms with Crippen LogP contribution in [-0.2, 0) is 10.9 Å². The van der Waals surface area contributed by atoms with Gasteiger partial charge >= 0.3 is 6.18 Å². The zero-order chi connectivity index (χ0) is 16.0. The standard InChI is InChI=1S/C13H19F3N4O2/c14-13(15,16)10-7-11(18-8-9-3-1-6-22-9)20-12(19-10)17-4-2-5-21/h7,9,21H,1-6,8H2,(H2,17,18,19,20)/t9-/m1/s1. The number of alkyl halides is 3. The van der Waals surface area contributed by atoms with Gasteiger partial charge in [0.15, 0.2) is 5.69 Å². The van der Waals surface area contributed by atoms with Crippen LogP contribution in [0.25, 0.3) is 0 Å². The van der Waals surface area contributed by atoms with Crippen LogP contribution >= 0.6 is 0 Å². The first-order chi connectivity index (χ1) is 10.5. The van der Waals surface area contributed by atoms with Gasteiger partial charge in [0.1, 0.15) is 5.82 Å². The quantitative estimate of drug-likeness (QED) is 0.666. The van der Waals surface area contributed by atoms with Crippen molar-refractivity contribution in [2.45, 2.75) is 31.5 Å². The minimum Gasteiger partial charge on any atom is -0.396 e. The van der Waals surface area contributed by atoms with E-state index in [-0.39, 0.29) is 24.5 Å². The van der Waals surface area contributed by atoms with Crippen molar-refractivity contribution in [1.29, 1.82) is 0 Å². The number of nitrogens with zero attached hydrogens (tertiary/aromatic N) is 2. The van der Waals surface area contributed by atoms with Crippen molar-refractivity contribution in [3.05, 3.63) is 11.8 Å². The fraction of sp³-hybridized carbons (Fsp3) is 0.692. The highest BCUT2D eigenvalue weighted by Crippen LogP contribution is 2.29. The number of halogens is 3. The number of aliphatic hydroxyl groups excluding tert-OH is 1. The van der Waals surface area contributed by atoms with Crippen LogP contribution in [-0.4, -0.2) is 47.5 Å². The van der Waals surface area contributed by atoms with E-state index in [1.165, 1.54) is 0 Å². The fourth-order valence-corrected chi connectivity index (χ4v) is 2.07. The van der Waals surface area contributed by atoms with E-state index in [9.17, 15) is 13.2 Å². The molecule has 0 bridgehead atoms. The minimum atomic E-state index is -4.55. The first kappa shape index (κ1) is 16.8. The Morgan fingerprint density at radius 2 is 2.14 bits per heavy atom. The lowest BCUT2D eigenvalue weighted by atomic mass is 10.2. The van der Waals surface area contributed by atoms with E-state index in [0.717, 1.165) is 18.9 Å². The molecule has 3 N–H and O–H groups in total. The van der Waals surface area contributed by atoms with Crippen LogP contribution in [0.4, 0.5) is 24.9 Å². The van der Waals surface area contributed by atoms with Crippen molar-refractivity contribution in [2.75, 3.05) is 36.9 Å². The SMILES string of the molecule is OCCCNc1nc(NC[C@H]2CCCO2)cc(C(F)(F)F)n1. The first-order valence-electron chi connectivity index (χ1n) is 7.15. The van der Waals surface area contributed by atoms with Gasteiger partial charge in [-0.05, 0) is 19.3 Å². The molecular weight excluding hydrogens is 301 g/mol. The molecule has 1 fully saturated rings. The third-order valence-corrected chi connectivity index (χ3v) is 3.17. The molecule has 1 atom stereocenters. The van der Waals surface area contributed by atoms with Crippen LogP contribution in [0.5, 0.6) is 0 Å². The molecule has 22 heavy (non-hydrogen) atoms. The summed E-state index contributed by atoms with van der Waals surface area (Å²) < 4.78 is 44.0. The maximum atomic E-state index is 12.9. The third-order valence-electron chi connectivity index (χ3n) is 3.17. The molecule has 6 nitrogen and oxygen atoms in total. The van der Waals surface area contributed by atoms with Crippen LogP contribution < -0.4 is 10.6 Å². The van der Waals surface area contributed by atoms with Crippen molar-refractivity contribution in [3.63, 3.8) is 0 Å². The molecule has 0 amide bonds. The van der Waals surface area contributed by atoms with Gasteiger partial charge in [-0.3, -0.25) is 0 Å². The van der Waals surface area contributed by atoms with Crippen LogP contribution in [0.15, 0.2) is 6.07 Å². The molecule has 1 saturated heterocycles. The van der Waals surface area contributed by atoms with E-state index in [4.69, 9.17) is 9.84 Å². The van der Waals surface area contributed by atoms with Gasteiger partial charge in [0.2, 0.25) is 5.95 Å². The molecule has 1 aromatic rings. The number of hydrogen-bond acceptors (Lipinski definition) is 6. The number of rotatable bonds is 7. The zero-order valence-corrected chi connectivity index (χ0v) is 12.0. The second-order valence-corrected chi connectivity index (χ2v) is 4.98. The van der Waals surface area contributed by atoms with Gasteiger partial charge in [0.25, 0.3) is 0 Å². The number of hydrogen-bond donors (Lipinski definition) is 3. The Bertz CT molecular complexity index is 479. The fourth-order valence-electron chi connectivity index (χ4n) is 2.07. The average Bonchev–Trinajstić information content (AvgIpc) is 2.98. The second-order valence-electron chi connectivity index (χ2n) is 4.98. The summed E-state index contributed by atoms with van der Waals surface area (Å²) in [6, 6.07) is 0.881. The van der Waals surface area contributed by atoms with Gasteiger partial charge in [-0.25, -0.2) is 4.98 Å². The summed E-state index contributed by atoms with van der Waals surface area (Å²) in [6.07, 6.45) is -2.31. The van der Waals surface area contributed by atoms with Crippen molar-refractivity contribution in [1.82, 2.24) is 9.97 Å². The van der Waals surface area contributed by atoms with Crippen molar-refractivity contribution >= 4 is 11.8 Å². The summed E-state index contributed by atoms with van der Waals surface area (Å²) in [7, 11) is 0. The molecule has 0 aromatic carbocycles. The summed E-state index contributed by atoms with van der Waals surface area (Å²) in [5.41, 5.74) is -1.01. The summed E-state index contributed by atoms with van der Waals surface area (Å²) in [5.74, 6) is -0.0116. The molecule has 0 radical (unpaired) electrons. The van der Waals surface area contributed by atoms with Gasteiger partial charge in [0, 0.05) is 32.4 Å². The minimum absolute atomic E-state index is 0.00454. The molecule has 0 spiro atoms. The van der Waals surface area contributed by atoms with Gasteiger partial charge in [-0.1, -0.05) is 0 Å². The topological polar surface area (TPSA) is 79.3 Å². The number of nitrogens with one attached hydrogen (secondary N) is 2. The van der Waals surface area contributed by atoms with Crippen molar-refractivity contribution < 1.29 is 23.0 Å². The Labute approximate surface area is 126 Å². The summed E-state index contributed by atoms with van der Waals surface area (Å²) in [6.45, 7) is 1.32. The van der Waals surface area contributed by atoms with Crippen LogP contribution in [0.3, 0.4) is 0 Å². The van der Waals surface area contributed by atoms with E-state index >= 15 is 0 Å². The molecule has 2 rings (SSSR count). The van der Waals surface area contributed by atoms with E-state index in [0.29, 0.717) is 26.1 Å². The highest BCUT2D eigenvalue weighted by molar-refractivity contribution is 5.43. The molecule has 1 aliphatic rings. The van der Waals surface area contributed by atoms with E-state index < -0.39 is 11.9 Å². The summed E-state index contributed by atoms with van der Waals surface area (Å²) >= 11 is 0. The van der Waals surface area contributed by atoms with Crippen LogP contribution in [0.2, 0.25) is 0 Å². The molecule has 0 unspecified atom stereocenters. The smallest absolute Gasteiger partial charge is 0.396 e. The molecule has 9 heteroatoms. The van der Waals surface area contributed by atoms with Gasteiger partial charge in [-0.15, -0.1) is 0 Å². The normalized spacial score (nSPS) is 18.5. The molecule has 1 aliphatic heterocycles. The Balaban J connectivity index is 2.06. The third kappa shape index (κ3) is 4.99. The lowest BCUT2D eigenvalue weighted by Gasteiger charge is -2.14. The highest BCUT2D eigenvalue weighted by Gasteiger charge is 2.33. The average molecular weight is 320 g/mol. The largest absolute Gasteiger partial charge is 0.433 e. The molecule has 0 aliphatic carbocycles. The van der Waals surface area contributed by atoms with E-state index in [1.807, 2.05) is 0 Å². The maximum Gasteiger partial charge on any atom is 0.433 e.